The van der Waals surface area contributed by atoms with Crippen LogP contribution in [0.3, 0.4) is 0 Å². The lowest BCUT2D eigenvalue weighted by atomic mass is 9.96. The summed E-state index contributed by atoms with van der Waals surface area (Å²) in [6.07, 6.45) is 0. The van der Waals surface area contributed by atoms with Gasteiger partial charge in [0.15, 0.2) is 0 Å². The van der Waals surface area contributed by atoms with E-state index in [2.05, 4.69) is 133 Å². The fourth-order valence-electron chi connectivity index (χ4n) is 5.78. The van der Waals surface area contributed by atoms with Crippen LogP contribution < -0.4 is 0 Å². The second kappa shape index (κ2) is 9.14. The zero-order chi connectivity index (χ0) is 26.5. The van der Waals surface area contributed by atoms with Crippen molar-refractivity contribution >= 4 is 32.7 Å². The predicted octanol–water partition coefficient (Wildman–Crippen LogP) is 11.0. The molecule has 6 aromatic carbocycles. The number of furan rings is 2. The highest BCUT2D eigenvalue weighted by Gasteiger charge is 2.20. The van der Waals surface area contributed by atoms with Crippen molar-refractivity contribution in [3.8, 4) is 44.9 Å². The standard InChI is InChI=1S/C38H24O2/c1-3-11-25(12-4-1)27-19-21-35-33(23-27)34-24-28(20-22-36(34)39-35)37-31-17-9-10-18-32(31)38(40-37)30-16-8-7-15-29(30)26-13-5-2-6-14-26/h1-24H. The molecule has 0 N–H and O–H groups in total. The fraction of sp³-hybridized carbons (Fsp3) is 0. The third-order valence-corrected chi connectivity index (χ3v) is 7.72. The van der Waals surface area contributed by atoms with E-state index in [0.717, 1.165) is 60.9 Å². The lowest BCUT2D eigenvalue weighted by Crippen LogP contribution is -1.83. The Balaban J connectivity index is 1.32. The molecule has 0 aliphatic rings. The molecular weight excluding hydrogens is 488 g/mol. The average molecular weight is 513 g/mol. The first-order valence-electron chi connectivity index (χ1n) is 13.5. The van der Waals surface area contributed by atoms with Crippen LogP contribution >= 0.6 is 0 Å². The molecule has 8 aromatic rings. The maximum atomic E-state index is 6.80. The quantitative estimate of drug-likeness (QED) is 0.234. The first-order chi connectivity index (χ1) is 19.8. The Bertz CT molecular complexity index is 2150. The molecular formula is C38H24O2. The Kier molecular flexibility index (Phi) is 5.17. The van der Waals surface area contributed by atoms with Gasteiger partial charge in [-0.15, -0.1) is 0 Å². The van der Waals surface area contributed by atoms with Crippen LogP contribution in [0.25, 0.3) is 77.6 Å². The predicted molar refractivity (Wildman–Crippen MR) is 165 cm³/mol. The zero-order valence-electron chi connectivity index (χ0n) is 21.7. The minimum atomic E-state index is 0.865. The van der Waals surface area contributed by atoms with Gasteiger partial charge >= 0.3 is 0 Å². The van der Waals surface area contributed by atoms with E-state index in [1.807, 2.05) is 12.1 Å². The minimum absolute atomic E-state index is 0.865. The molecule has 40 heavy (non-hydrogen) atoms. The van der Waals surface area contributed by atoms with Crippen molar-refractivity contribution in [1.82, 2.24) is 0 Å². The number of hydrogen-bond donors (Lipinski definition) is 0. The van der Waals surface area contributed by atoms with Crippen molar-refractivity contribution in [2.45, 2.75) is 0 Å². The fourth-order valence-corrected chi connectivity index (χ4v) is 5.78. The molecule has 0 amide bonds. The molecule has 0 aliphatic heterocycles. The van der Waals surface area contributed by atoms with Gasteiger partial charge in [0.2, 0.25) is 0 Å². The lowest BCUT2D eigenvalue weighted by Gasteiger charge is -2.08. The van der Waals surface area contributed by atoms with Crippen molar-refractivity contribution in [2.24, 2.45) is 0 Å². The van der Waals surface area contributed by atoms with Crippen LogP contribution in [0, 0.1) is 0 Å². The molecule has 0 spiro atoms. The van der Waals surface area contributed by atoms with E-state index in [1.54, 1.807) is 0 Å². The van der Waals surface area contributed by atoms with Crippen molar-refractivity contribution in [2.75, 3.05) is 0 Å². The van der Waals surface area contributed by atoms with Crippen LogP contribution in [-0.2, 0) is 0 Å². The Morgan fingerprint density at radius 2 is 0.825 bits per heavy atom. The molecule has 2 nitrogen and oxygen atoms in total. The maximum absolute atomic E-state index is 6.80. The average Bonchev–Trinajstić information content (AvgIpc) is 3.60. The molecule has 0 radical (unpaired) electrons. The largest absolute Gasteiger partial charge is 0.456 e. The van der Waals surface area contributed by atoms with E-state index in [1.165, 1.54) is 16.7 Å². The lowest BCUT2D eigenvalue weighted by molar-refractivity contribution is 0.602. The minimum Gasteiger partial charge on any atom is -0.456 e. The van der Waals surface area contributed by atoms with Crippen LogP contribution in [0.5, 0.6) is 0 Å². The smallest absolute Gasteiger partial charge is 0.143 e. The van der Waals surface area contributed by atoms with E-state index in [0.29, 0.717) is 0 Å². The molecule has 0 saturated heterocycles. The van der Waals surface area contributed by atoms with Crippen molar-refractivity contribution in [3.63, 3.8) is 0 Å². The summed E-state index contributed by atoms with van der Waals surface area (Å²) >= 11 is 0. The monoisotopic (exact) mass is 512 g/mol. The van der Waals surface area contributed by atoms with Crippen molar-refractivity contribution in [1.29, 1.82) is 0 Å². The van der Waals surface area contributed by atoms with Gasteiger partial charge in [0.05, 0.1) is 0 Å². The number of benzene rings is 6. The summed E-state index contributed by atoms with van der Waals surface area (Å²) < 4.78 is 13.0. The molecule has 188 valence electrons. The first-order valence-corrected chi connectivity index (χ1v) is 13.5. The number of fused-ring (bicyclic) bond motifs is 4. The Morgan fingerprint density at radius 1 is 0.300 bits per heavy atom. The van der Waals surface area contributed by atoms with Crippen LogP contribution in [0.15, 0.2) is 154 Å². The second-order valence-corrected chi connectivity index (χ2v) is 10.1. The summed E-state index contributed by atoms with van der Waals surface area (Å²) in [5, 5.41) is 4.38. The normalized spacial score (nSPS) is 11.5. The molecule has 0 unspecified atom stereocenters. The van der Waals surface area contributed by atoms with Crippen LogP contribution in [0.4, 0.5) is 0 Å². The van der Waals surface area contributed by atoms with E-state index in [-0.39, 0.29) is 0 Å². The molecule has 0 aliphatic carbocycles. The van der Waals surface area contributed by atoms with Gasteiger partial charge in [0.1, 0.15) is 22.7 Å². The topological polar surface area (TPSA) is 26.3 Å². The van der Waals surface area contributed by atoms with E-state index >= 15 is 0 Å². The molecule has 2 aromatic heterocycles. The van der Waals surface area contributed by atoms with Crippen LogP contribution in [-0.4, -0.2) is 0 Å². The third kappa shape index (κ3) is 3.65. The molecule has 0 atom stereocenters. The summed E-state index contributed by atoms with van der Waals surface area (Å²) in [6.45, 7) is 0. The van der Waals surface area contributed by atoms with Gasteiger partial charge in [0, 0.05) is 32.7 Å². The van der Waals surface area contributed by atoms with Crippen LogP contribution in [0.1, 0.15) is 0 Å². The van der Waals surface area contributed by atoms with Gasteiger partial charge in [-0.05, 0) is 52.6 Å². The summed E-state index contributed by atoms with van der Waals surface area (Å²) in [6, 6.07) is 50.6. The first kappa shape index (κ1) is 22.6. The Morgan fingerprint density at radius 3 is 1.52 bits per heavy atom. The highest BCUT2D eigenvalue weighted by atomic mass is 16.3. The highest BCUT2D eigenvalue weighted by Crippen LogP contribution is 2.43. The Hall–Kier alpha value is -5.34. The summed E-state index contributed by atoms with van der Waals surface area (Å²) in [5.41, 5.74) is 8.54. The zero-order valence-corrected chi connectivity index (χ0v) is 21.7. The van der Waals surface area contributed by atoms with Gasteiger partial charge in [-0.1, -0.05) is 115 Å². The number of rotatable bonds is 4. The molecule has 0 saturated carbocycles. The second-order valence-electron chi connectivity index (χ2n) is 10.1. The molecule has 2 heteroatoms. The van der Waals surface area contributed by atoms with Gasteiger partial charge in [-0.25, -0.2) is 0 Å². The molecule has 2 heterocycles. The van der Waals surface area contributed by atoms with E-state index < -0.39 is 0 Å². The SMILES string of the molecule is c1ccc(-c2ccc3oc4ccc(-c5oc(-c6ccccc6-c6ccccc6)c6ccccc56)cc4c3c2)cc1. The molecule has 0 fully saturated rings. The third-order valence-electron chi connectivity index (χ3n) is 7.72. The summed E-state index contributed by atoms with van der Waals surface area (Å²) in [4.78, 5) is 0. The van der Waals surface area contributed by atoms with Crippen LogP contribution in [0.2, 0.25) is 0 Å². The van der Waals surface area contributed by atoms with Gasteiger partial charge < -0.3 is 8.83 Å². The summed E-state index contributed by atoms with van der Waals surface area (Å²) in [7, 11) is 0. The van der Waals surface area contributed by atoms with Crippen molar-refractivity contribution in [3.05, 3.63) is 146 Å². The Labute approximate surface area is 231 Å². The molecule has 8 rings (SSSR count). The van der Waals surface area contributed by atoms with Gasteiger partial charge in [-0.2, -0.15) is 0 Å². The maximum Gasteiger partial charge on any atom is 0.143 e. The highest BCUT2D eigenvalue weighted by molar-refractivity contribution is 6.10. The summed E-state index contributed by atoms with van der Waals surface area (Å²) in [5.74, 6) is 1.75. The van der Waals surface area contributed by atoms with E-state index in [9.17, 15) is 0 Å². The van der Waals surface area contributed by atoms with E-state index in [4.69, 9.17) is 8.83 Å². The van der Waals surface area contributed by atoms with Gasteiger partial charge in [0.25, 0.3) is 0 Å². The number of hydrogen-bond acceptors (Lipinski definition) is 2. The molecule has 0 bridgehead atoms. The van der Waals surface area contributed by atoms with Gasteiger partial charge in [-0.3, -0.25) is 0 Å². The van der Waals surface area contributed by atoms with Crippen molar-refractivity contribution < 1.29 is 8.83 Å².